The third kappa shape index (κ3) is 2.01. The van der Waals surface area contributed by atoms with E-state index in [0.29, 0.717) is 11.3 Å². The minimum Gasteiger partial charge on any atom is -0.325 e. The minimum absolute atomic E-state index is 0.169. The molecule has 2 N–H and O–H groups in total. The molecule has 0 radical (unpaired) electrons. The molecule has 1 heterocycles. The van der Waals surface area contributed by atoms with Gasteiger partial charge < -0.3 is 5.73 Å². The first kappa shape index (κ1) is 11.3. The standard InChI is InChI=1S/C9H11ClF2N2/c1-5-3-6(2)14-8(10)7(5)9(11,12)4-13/h3H,4,13H2,1-2H3. The summed E-state index contributed by atoms with van der Waals surface area (Å²) in [4.78, 5) is 3.78. The Labute approximate surface area is 86.1 Å². The molecule has 5 heteroatoms. The number of hydrogen-bond donors (Lipinski definition) is 1. The molecule has 0 unspecified atom stereocenters. The predicted molar refractivity (Wildman–Crippen MR) is 51.7 cm³/mol. The van der Waals surface area contributed by atoms with Crippen LogP contribution in [0.2, 0.25) is 5.15 Å². The van der Waals surface area contributed by atoms with Crippen LogP contribution >= 0.6 is 11.6 Å². The quantitative estimate of drug-likeness (QED) is 0.778. The number of aryl methyl sites for hydroxylation is 2. The topological polar surface area (TPSA) is 38.9 Å². The van der Waals surface area contributed by atoms with Crippen LogP contribution in [0.1, 0.15) is 16.8 Å². The molecule has 0 spiro atoms. The molecule has 0 saturated carbocycles. The summed E-state index contributed by atoms with van der Waals surface area (Å²) in [7, 11) is 0. The Morgan fingerprint density at radius 1 is 1.50 bits per heavy atom. The second-order valence-electron chi connectivity index (χ2n) is 3.15. The second kappa shape index (κ2) is 3.79. The minimum atomic E-state index is -3.11. The third-order valence-corrected chi connectivity index (χ3v) is 2.20. The van der Waals surface area contributed by atoms with E-state index in [-0.39, 0.29) is 10.7 Å². The molecule has 1 aromatic rings. The second-order valence-corrected chi connectivity index (χ2v) is 3.51. The lowest BCUT2D eigenvalue weighted by molar-refractivity contribution is 0.00509. The normalized spacial score (nSPS) is 11.9. The monoisotopic (exact) mass is 220 g/mol. The van der Waals surface area contributed by atoms with E-state index in [1.165, 1.54) is 0 Å². The molecule has 0 bridgehead atoms. The summed E-state index contributed by atoms with van der Waals surface area (Å²) < 4.78 is 26.6. The van der Waals surface area contributed by atoms with Gasteiger partial charge in [-0.1, -0.05) is 11.6 Å². The van der Waals surface area contributed by atoms with Gasteiger partial charge in [-0.2, -0.15) is 8.78 Å². The lowest BCUT2D eigenvalue weighted by atomic mass is 10.0. The molecule has 0 amide bonds. The molecule has 0 fully saturated rings. The van der Waals surface area contributed by atoms with Crippen LogP contribution in [0, 0.1) is 13.8 Å². The van der Waals surface area contributed by atoms with Crippen LogP contribution in [-0.2, 0) is 5.92 Å². The lowest BCUT2D eigenvalue weighted by Crippen LogP contribution is -2.27. The molecule has 1 aromatic heterocycles. The fourth-order valence-electron chi connectivity index (χ4n) is 1.33. The van der Waals surface area contributed by atoms with Crippen molar-refractivity contribution < 1.29 is 8.78 Å². The van der Waals surface area contributed by atoms with Gasteiger partial charge in [0.2, 0.25) is 0 Å². The summed E-state index contributed by atoms with van der Waals surface area (Å²) in [5.41, 5.74) is 5.74. The van der Waals surface area contributed by atoms with E-state index in [9.17, 15) is 8.78 Å². The van der Waals surface area contributed by atoms with Crippen molar-refractivity contribution in [3.8, 4) is 0 Å². The average molecular weight is 221 g/mol. The summed E-state index contributed by atoms with van der Waals surface area (Å²) >= 11 is 5.65. The van der Waals surface area contributed by atoms with Gasteiger partial charge in [0.05, 0.1) is 12.1 Å². The summed E-state index contributed by atoms with van der Waals surface area (Å²) in [6, 6.07) is 1.56. The van der Waals surface area contributed by atoms with Gasteiger partial charge in [0.1, 0.15) is 5.15 Å². The molecule has 78 valence electrons. The van der Waals surface area contributed by atoms with Gasteiger partial charge in [0, 0.05) is 5.69 Å². The number of pyridine rings is 1. The first-order valence-electron chi connectivity index (χ1n) is 4.10. The smallest absolute Gasteiger partial charge is 0.288 e. The zero-order valence-electron chi connectivity index (χ0n) is 7.94. The van der Waals surface area contributed by atoms with Crippen molar-refractivity contribution in [3.63, 3.8) is 0 Å². The summed E-state index contributed by atoms with van der Waals surface area (Å²) in [5.74, 6) is -3.11. The molecule has 0 aromatic carbocycles. The van der Waals surface area contributed by atoms with Gasteiger partial charge in [0.15, 0.2) is 0 Å². The van der Waals surface area contributed by atoms with Gasteiger partial charge in [-0.3, -0.25) is 0 Å². The Kier molecular flexibility index (Phi) is 3.07. The van der Waals surface area contributed by atoms with Crippen LogP contribution in [0.5, 0.6) is 0 Å². The first-order chi connectivity index (χ1) is 6.38. The number of nitrogens with zero attached hydrogens (tertiary/aromatic N) is 1. The molecule has 0 aliphatic heterocycles. The maximum atomic E-state index is 13.3. The van der Waals surface area contributed by atoms with Crippen LogP contribution < -0.4 is 5.73 Å². The van der Waals surface area contributed by atoms with E-state index < -0.39 is 12.5 Å². The Morgan fingerprint density at radius 2 is 2.07 bits per heavy atom. The molecule has 0 atom stereocenters. The number of aromatic nitrogens is 1. The summed E-state index contributed by atoms with van der Waals surface area (Å²) in [6.07, 6.45) is 0. The number of alkyl halides is 2. The maximum Gasteiger partial charge on any atom is 0.288 e. The number of nitrogens with two attached hydrogens (primary N) is 1. The lowest BCUT2D eigenvalue weighted by Gasteiger charge is -2.18. The Hall–Kier alpha value is -0.740. The zero-order chi connectivity index (χ0) is 10.9. The molecule has 0 saturated heterocycles. The van der Waals surface area contributed by atoms with Crippen molar-refractivity contribution >= 4 is 11.6 Å². The van der Waals surface area contributed by atoms with Gasteiger partial charge in [-0.05, 0) is 25.5 Å². The number of rotatable bonds is 2. The van der Waals surface area contributed by atoms with Crippen LogP contribution in [0.15, 0.2) is 6.07 Å². The zero-order valence-corrected chi connectivity index (χ0v) is 8.70. The van der Waals surface area contributed by atoms with Crippen molar-refractivity contribution in [1.29, 1.82) is 0 Å². The van der Waals surface area contributed by atoms with Crippen LogP contribution in [-0.4, -0.2) is 11.5 Å². The van der Waals surface area contributed by atoms with Gasteiger partial charge in [0.25, 0.3) is 5.92 Å². The van der Waals surface area contributed by atoms with Gasteiger partial charge in [-0.25, -0.2) is 4.98 Å². The van der Waals surface area contributed by atoms with E-state index >= 15 is 0 Å². The molecule has 2 nitrogen and oxygen atoms in total. The molecule has 1 rings (SSSR count). The predicted octanol–water partition coefficient (Wildman–Crippen LogP) is 2.40. The van der Waals surface area contributed by atoms with Crippen LogP contribution in [0.4, 0.5) is 8.78 Å². The first-order valence-corrected chi connectivity index (χ1v) is 4.48. The average Bonchev–Trinajstić information content (AvgIpc) is 2.01. The highest BCUT2D eigenvalue weighted by Crippen LogP contribution is 2.34. The third-order valence-electron chi connectivity index (χ3n) is 1.92. The van der Waals surface area contributed by atoms with Crippen molar-refractivity contribution in [2.75, 3.05) is 6.54 Å². The Balaban J connectivity index is 3.35. The number of hydrogen-bond acceptors (Lipinski definition) is 2. The molecule has 0 aliphatic rings. The fraction of sp³-hybridized carbons (Fsp3) is 0.444. The Morgan fingerprint density at radius 3 is 2.50 bits per heavy atom. The van der Waals surface area contributed by atoms with E-state index in [2.05, 4.69) is 4.98 Å². The van der Waals surface area contributed by atoms with E-state index in [1.807, 2.05) is 0 Å². The fourth-order valence-corrected chi connectivity index (χ4v) is 1.75. The van der Waals surface area contributed by atoms with Gasteiger partial charge >= 0.3 is 0 Å². The number of halogens is 3. The largest absolute Gasteiger partial charge is 0.325 e. The van der Waals surface area contributed by atoms with Crippen molar-refractivity contribution in [3.05, 3.63) is 28.0 Å². The highest BCUT2D eigenvalue weighted by Gasteiger charge is 2.34. The van der Waals surface area contributed by atoms with Crippen molar-refractivity contribution in [2.24, 2.45) is 5.73 Å². The highest BCUT2D eigenvalue weighted by molar-refractivity contribution is 6.30. The summed E-state index contributed by atoms with van der Waals surface area (Å²) in [5, 5.41) is -0.169. The molecule has 14 heavy (non-hydrogen) atoms. The van der Waals surface area contributed by atoms with Crippen molar-refractivity contribution in [1.82, 2.24) is 4.98 Å². The van der Waals surface area contributed by atoms with E-state index in [4.69, 9.17) is 17.3 Å². The van der Waals surface area contributed by atoms with E-state index in [1.54, 1.807) is 19.9 Å². The Bertz CT molecular complexity index is 330. The molecular formula is C9H11ClF2N2. The SMILES string of the molecule is Cc1cc(C)c(C(F)(F)CN)c(Cl)n1. The highest BCUT2D eigenvalue weighted by atomic mass is 35.5. The van der Waals surface area contributed by atoms with Crippen molar-refractivity contribution in [2.45, 2.75) is 19.8 Å². The van der Waals surface area contributed by atoms with E-state index in [0.717, 1.165) is 0 Å². The molecular weight excluding hydrogens is 210 g/mol. The molecule has 0 aliphatic carbocycles. The maximum absolute atomic E-state index is 13.3. The van der Waals surface area contributed by atoms with Crippen LogP contribution in [0.25, 0.3) is 0 Å². The van der Waals surface area contributed by atoms with Crippen LogP contribution in [0.3, 0.4) is 0 Å². The summed E-state index contributed by atoms with van der Waals surface area (Å²) in [6.45, 7) is 2.50. The van der Waals surface area contributed by atoms with Gasteiger partial charge in [-0.15, -0.1) is 0 Å².